The van der Waals surface area contributed by atoms with E-state index in [0.29, 0.717) is 12.4 Å². The molecule has 1 fully saturated rings. The molecule has 0 saturated carbocycles. The van der Waals surface area contributed by atoms with Gasteiger partial charge in [-0.1, -0.05) is 6.07 Å². The highest BCUT2D eigenvalue weighted by Gasteiger charge is 2.38. The van der Waals surface area contributed by atoms with Crippen LogP contribution in [0.25, 0.3) is 0 Å². The van der Waals surface area contributed by atoms with Crippen molar-refractivity contribution < 1.29 is 17.5 Å². The number of hydrogen-bond donors (Lipinski definition) is 1. The Morgan fingerprint density at radius 2 is 2.15 bits per heavy atom. The number of rotatable bonds is 6. The van der Waals surface area contributed by atoms with E-state index in [-0.39, 0.29) is 34.7 Å². The van der Waals surface area contributed by atoms with Crippen molar-refractivity contribution in [2.75, 3.05) is 24.5 Å². The molecule has 2 aliphatic rings. The molecule has 0 unspecified atom stereocenters. The standard InChI is InChI=1S/C21H25FN6O3S2/c1-27-18(4-7-24-27)19-10-14(12-22)5-8-28(19)17-6-9-31-20-11-15(2-3-16(17)20)33(29,30)26-21-23-13-25-32-21/h2-4,7,11,13-14,17,19H,5-6,8-10,12H2,1H3,(H,23,25,26)/t14-,17+,19+/m1/s1. The second-order valence-electron chi connectivity index (χ2n) is 8.38. The van der Waals surface area contributed by atoms with Crippen molar-refractivity contribution in [1.82, 2.24) is 24.0 Å². The van der Waals surface area contributed by atoms with E-state index in [4.69, 9.17) is 4.74 Å². The third kappa shape index (κ3) is 4.34. The predicted molar refractivity (Wildman–Crippen MR) is 121 cm³/mol. The minimum Gasteiger partial charge on any atom is -0.493 e. The molecule has 176 valence electrons. The predicted octanol–water partition coefficient (Wildman–Crippen LogP) is 3.32. The number of sulfonamides is 1. The number of nitrogens with zero attached hydrogens (tertiary/aromatic N) is 5. The van der Waals surface area contributed by atoms with Gasteiger partial charge < -0.3 is 4.74 Å². The number of hydrogen-bond acceptors (Lipinski definition) is 8. The fourth-order valence-corrected chi connectivity index (χ4v) is 6.50. The first-order valence-electron chi connectivity index (χ1n) is 10.8. The molecule has 3 aromatic rings. The van der Waals surface area contributed by atoms with Crippen LogP contribution in [-0.2, 0) is 17.1 Å². The maximum Gasteiger partial charge on any atom is 0.263 e. The van der Waals surface area contributed by atoms with Gasteiger partial charge in [-0.15, -0.1) is 0 Å². The molecule has 0 aliphatic carbocycles. The van der Waals surface area contributed by atoms with Gasteiger partial charge in [0.2, 0.25) is 5.13 Å². The topological polar surface area (TPSA) is 102 Å². The molecular weight excluding hydrogens is 467 g/mol. The average molecular weight is 493 g/mol. The molecule has 2 aromatic heterocycles. The number of anilines is 1. The highest BCUT2D eigenvalue weighted by Crippen LogP contribution is 2.45. The lowest BCUT2D eigenvalue weighted by molar-refractivity contribution is 0.0358. The number of aryl methyl sites for hydroxylation is 1. The Morgan fingerprint density at radius 1 is 1.27 bits per heavy atom. The van der Waals surface area contributed by atoms with Gasteiger partial charge in [-0.2, -0.15) is 9.47 Å². The number of piperidine rings is 1. The summed E-state index contributed by atoms with van der Waals surface area (Å²) in [7, 11) is -1.90. The summed E-state index contributed by atoms with van der Waals surface area (Å²) in [5.74, 6) is 0.585. The van der Waals surface area contributed by atoms with Gasteiger partial charge in [0, 0.05) is 48.9 Å². The van der Waals surface area contributed by atoms with Crippen molar-refractivity contribution in [3.8, 4) is 5.75 Å². The molecule has 0 radical (unpaired) electrons. The highest BCUT2D eigenvalue weighted by atomic mass is 32.2. The van der Waals surface area contributed by atoms with Crippen molar-refractivity contribution in [2.45, 2.75) is 36.2 Å². The van der Waals surface area contributed by atoms with Crippen LogP contribution in [0.4, 0.5) is 9.52 Å². The zero-order valence-corrected chi connectivity index (χ0v) is 19.7. The number of nitrogens with one attached hydrogen (secondary N) is 1. The molecule has 33 heavy (non-hydrogen) atoms. The fourth-order valence-electron chi connectivity index (χ4n) is 4.83. The van der Waals surface area contributed by atoms with E-state index < -0.39 is 10.0 Å². The first kappa shape index (κ1) is 22.2. The molecule has 0 amide bonds. The van der Waals surface area contributed by atoms with Crippen molar-refractivity contribution in [3.63, 3.8) is 0 Å². The van der Waals surface area contributed by atoms with Crippen molar-refractivity contribution in [3.05, 3.63) is 48.0 Å². The summed E-state index contributed by atoms with van der Waals surface area (Å²) in [6.45, 7) is 0.911. The smallest absolute Gasteiger partial charge is 0.263 e. The Balaban J connectivity index is 1.46. The van der Waals surface area contributed by atoms with Gasteiger partial charge in [0.05, 0.1) is 29.9 Å². The summed E-state index contributed by atoms with van der Waals surface area (Å²) in [6.07, 6.45) is 5.36. The fraction of sp³-hybridized carbons (Fsp3) is 0.476. The second-order valence-corrected chi connectivity index (χ2v) is 10.8. The van der Waals surface area contributed by atoms with Crippen LogP contribution in [0.5, 0.6) is 5.75 Å². The van der Waals surface area contributed by atoms with Crippen LogP contribution in [0.15, 0.2) is 41.7 Å². The quantitative estimate of drug-likeness (QED) is 0.563. The summed E-state index contributed by atoms with van der Waals surface area (Å²) in [5, 5.41) is 4.53. The number of halogens is 1. The Bertz CT molecular complexity index is 1220. The van der Waals surface area contributed by atoms with E-state index in [9.17, 15) is 12.8 Å². The number of likely N-dealkylation sites (tertiary alicyclic amines) is 1. The number of ether oxygens (including phenoxy) is 1. The van der Waals surface area contributed by atoms with Crippen LogP contribution < -0.4 is 9.46 Å². The van der Waals surface area contributed by atoms with E-state index in [2.05, 4.69) is 24.1 Å². The molecular formula is C21H25FN6O3S2. The molecule has 4 heterocycles. The first-order chi connectivity index (χ1) is 16.0. The van der Waals surface area contributed by atoms with Gasteiger partial charge in [0.1, 0.15) is 12.1 Å². The summed E-state index contributed by atoms with van der Waals surface area (Å²) in [4.78, 5) is 6.39. The van der Waals surface area contributed by atoms with Gasteiger partial charge in [0.25, 0.3) is 10.0 Å². The maximum atomic E-state index is 13.6. The van der Waals surface area contributed by atoms with Gasteiger partial charge in [-0.3, -0.25) is 18.7 Å². The lowest BCUT2D eigenvalue weighted by Crippen LogP contribution is -2.42. The zero-order chi connectivity index (χ0) is 23.0. The molecule has 1 aromatic carbocycles. The van der Waals surface area contributed by atoms with Gasteiger partial charge in [-0.25, -0.2) is 13.4 Å². The van der Waals surface area contributed by atoms with E-state index in [1.807, 2.05) is 23.9 Å². The average Bonchev–Trinajstić information content (AvgIpc) is 3.49. The summed E-state index contributed by atoms with van der Waals surface area (Å²) >= 11 is 0.971. The SMILES string of the molecule is Cn1nccc1[C@@H]1C[C@H](CF)CCN1[C@H]1CCOc2cc(S(=O)(=O)Nc3ncns3)ccc21. The van der Waals surface area contributed by atoms with Crippen LogP contribution >= 0.6 is 11.5 Å². The number of aromatic nitrogens is 4. The van der Waals surface area contributed by atoms with Crippen molar-refractivity contribution >= 4 is 26.7 Å². The van der Waals surface area contributed by atoms with Crippen LogP contribution in [0.1, 0.15) is 42.6 Å². The largest absolute Gasteiger partial charge is 0.493 e. The van der Waals surface area contributed by atoms with E-state index in [1.165, 1.54) is 6.33 Å². The zero-order valence-electron chi connectivity index (χ0n) is 18.1. The third-order valence-corrected chi connectivity index (χ3v) is 8.50. The first-order valence-corrected chi connectivity index (χ1v) is 13.1. The second kappa shape index (κ2) is 8.99. The van der Waals surface area contributed by atoms with E-state index >= 15 is 0 Å². The molecule has 5 rings (SSSR count). The molecule has 3 atom stereocenters. The molecule has 0 spiro atoms. The lowest BCUT2D eigenvalue weighted by Gasteiger charge is -2.45. The number of fused-ring (bicyclic) bond motifs is 1. The van der Waals surface area contributed by atoms with E-state index in [1.54, 1.807) is 18.3 Å². The van der Waals surface area contributed by atoms with Crippen molar-refractivity contribution in [2.24, 2.45) is 13.0 Å². The molecule has 1 N–H and O–H groups in total. The minimum absolute atomic E-state index is 0.0272. The van der Waals surface area contributed by atoms with Gasteiger partial charge in [-0.05, 0) is 37.4 Å². The van der Waals surface area contributed by atoms with Crippen molar-refractivity contribution in [1.29, 1.82) is 0 Å². The summed E-state index contributed by atoms with van der Waals surface area (Å²) in [5.41, 5.74) is 2.00. The van der Waals surface area contributed by atoms with Gasteiger partial charge >= 0.3 is 0 Å². The maximum absolute atomic E-state index is 13.6. The van der Waals surface area contributed by atoms with Crippen LogP contribution in [-0.4, -0.2) is 52.3 Å². The summed E-state index contributed by atoms with van der Waals surface area (Å²) in [6, 6.07) is 7.06. The summed E-state index contributed by atoms with van der Waals surface area (Å²) < 4.78 is 53.2. The van der Waals surface area contributed by atoms with Crippen LogP contribution in [0.2, 0.25) is 0 Å². The highest BCUT2D eigenvalue weighted by molar-refractivity contribution is 7.93. The minimum atomic E-state index is -3.81. The Kier molecular flexibility index (Phi) is 6.06. The normalized spacial score (nSPS) is 23.6. The van der Waals surface area contributed by atoms with E-state index in [0.717, 1.165) is 48.6 Å². The Labute approximate surface area is 195 Å². The lowest BCUT2D eigenvalue weighted by atomic mass is 9.86. The monoisotopic (exact) mass is 492 g/mol. The number of alkyl halides is 1. The molecule has 12 heteroatoms. The number of benzene rings is 1. The molecule has 9 nitrogen and oxygen atoms in total. The van der Waals surface area contributed by atoms with Crippen LogP contribution in [0.3, 0.4) is 0 Å². The molecule has 1 saturated heterocycles. The van der Waals surface area contributed by atoms with Crippen LogP contribution in [0, 0.1) is 5.92 Å². The Morgan fingerprint density at radius 3 is 2.88 bits per heavy atom. The Hall–Kier alpha value is -2.57. The molecule has 0 bridgehead atoms. The van der Waals surface area contributed by atoms with Gasteiger partial charge in [0.15, 0.2) is 0 Å². The molecule has 2 aliphatic heterocycles. The third-order valence-electron chi connectivity index (χ3n) is 6.46.